The van der Waals surface area contributed by atoms with Crippen molar-refractivity contribution in [1.29, 1.82) is 0 Å². The number of esters is 3. The molecule has 0 aromatic carbocycles. The molecule has 4 rings (SSSR count). The van der Waals surface area contributed by atoms with Gasteiger partial charge in [-0.15, -0.1) is 0 Å². The Balaban J connectivity index is 1.33. The zero-order valence-corrected chi connectivity index (χ0v) is 15.3. The average molecular weight is 382 g/mol. The minimum Gasteiger partial charge on any atom is -0.465 e. The first-order valence-electron chi connectivity index (χ1n) is 9.81. The second-order valence-electron chi connectivity index (χ2n) is 8.04. The highest BCUT2D eigenvalue weighted by Gasteiger charge is 2.42. The summed E-state index contributed by atoms with van der Waals surface area (Å²) < 4.78 is 26.1. The van der Waals surface area contributed by atoms with Crippen LogP contribution in [0.3, 0.4) is 0 Å². The first kappa shape index (κ1) is 18.7. The van der Waals surface area contributed by atoms with E-state index in [1.807, 2.05) is 0 Å². The molecular weight excluding hydrogens is 356 g/mol. The van der Waals surface area contributed by atoms with Crippen molar-refractivity contribution in [1.82, 2.24) is 0 Å². The largest absolute Gasteiger partial charge is 0.465 e. The van der Waals surface area contributed by atoms with Crippen LogP contribution in [-0.2, 0) is 38.1 Å². The van der Waals surface area contributed by atoms with Gasteiger partial charge in [0, 0.05) is 0 Å². The molecule has 0 bridgehead atoms. The molecule has 4 fully saturated rings. The molecule has 0 aromatic heterocycles. The number of epoxide rings is 2. The first-order chi connectivity index (χ1) is 13.1. The quantitative estimate of drug-likeness (QED) is 0.328. The van der Waals surface area contributed by atoms with Gasteiger partial charge in [0.15, 0.2) is 0 Å². The molecule has 0 spiro atoms. The Labute approximate surface area is 157 Å². The molecule has 150 valence electrons. The summed E-state index contributed by atoms with van der Waals surface area (Å²) in [5.74, 6) is -2.12. The molecule has 0 radical (unpaired) electrons. The first-order valence-corrected chi connectivity index (χ1v) is 9.81. The summed E-state index contributed by atoms with van der Waals surface area (Å²) in [5.41, 5.74) is 0. The van der Waals surface area contributed by atoms with Gasteiger partial charge in [-0.25, -0.2) is 0 Å². The molecule has 2 saturated carbocycles. The van der Waals surface area contributed by atoms with Gasteiger partial charge in [-0.3, -0.25) is 14.4 Å². The third-order valence-corrected chi connectivity index (χ3v) is 5.49. The highest BCUT2D eigenvalue weighted by molar-refractivity contribution is 5.80. The van der Waals surface area contributed by atoms with E-state index in [1.54, 1.807) is 0 Å². The van der Waals surface area contributed by atoms with Crippen molar-refractivity contribution in [2.75, 3.05) is 33.0 Å². The van der Waals surface area contributed by atoms with Crippen LogP contribution < -0.4 is 0 Å². The monoisotopic (exact) mass is 382 g/mol. The maximum absolute atomic E-state index is 12.5. The molecule has 0 amide bonds. The van der Waals surface area contributed by atoms with Gasteiger partial charge in [-0.1, -0.05) is 0 Å². The number of ether oxygens (including phenoxy) is 5. The SMILES string of the molecule is O=C(OCC1CC1)C1CC(C(=O)OCC2CO2)CC(C(=O)OCC2CO2)C1. The minimum absolute atomic E-state index is 0.0175. The lowest BCUT2D eigenvalue weighted by atomic mass is 9.75. The molecule has 2 saturated heterocycles. The van der Waals surface area contributed by atoms with Crippen molar-refractivity contribution >= 4 is 17.9 Å². The van der Waals surface area contributed by atoms with Crippen LogP contribution in [-0.4, -0.2) is 63.2 Å². The summed E-state index contributed by atoms with van der Waals surface area (Å²) >= 11 is 0. The minimum atomic E-state index is -0.509. The molecule has 0 aromatic rings. The van der Waals surface area contributed by atoms with Crippen LogP contribution in [0.4, 0.5) is 0 Å². The summed E-state index contributed by atoms with van der Waals surface area (Å²) in [4.78, 5) is 37.3. The highest BCUT2D eigenvalue weighted by atomic mass is 16.6. The standard InChI is InChI=1S/C19H26O8/c20-17(25-6-11-1-2-11)12-3-13(18(21)26-9-15-7-23-15)5-14(4-12)19(22)27-10-16-8-24-16/h11-16H,1-10H2. The van der Waals surface area contributed by atoms with Crippen molar-refractivity contribution in [2.24, 2.45) is 23.7 Å². The van der Waals surface area contributed by atoms with Crippen LogP contribution in [0.5, 0.6) is 0 Å². The molecular formula is C19H26O8. The van der Waals surface area contributed by atoms with Crippen molar-refractivity contribution in [3.05, 3.63) is 0 Å². The van der Waals surface area contributed by atoms with Crippen LogP contribution in [0.2, 0.25) is 0 Å². The maximum Gasteiger partial charge on any atom is 0.309 e. The van der Waals surface area contributed by atoms with Crippen molar-refractivity contribution in [3.63, 3.8) is 0 Å². The summed E-state index contributed by atoms with van der Waals surface area (Å²) in [6, 6.07) is 0. The molecule has 4 atom stereocenters. The predicted octanol–water partition coefficient (Wildman–Crippen LogP) is 0.856. The Morgan fingerprint density at radius 1 is 0.667 bits per heavy atom. The molecule has 4 aliphatic rings. The van der Waals surface area contributed by atoms with Crippen LogP contribution in [0, 0.1) is 23.7 Å². The number of rotatable bonds is 9. The van der Waals surface area contributed by atoms with Crippen LogP contribution in [0.25, 0.3) is 0 Å². The molecule has 27 heavy (non-hydrogen) atoms. The summed E-state index contributed by atoms with van der Waals surface area (Å²) in [6.45, 7) is 2.08. The van der Waals surface area contributed by atoms with Gasteiger partial charge in [0.05, 0.1) is 37.6 Å². The van der Waals surface area contributed by atoms with Crippen LogP contribution >= 0.6 is 0 Å². The molecule has 4 unspecified atom stereocenters. The summed E-state index contributed by atoms with van der Waals surface area (Å²) in [6.07, 6.45) is 3.18. The summed E-state index contributed by atoms with van der Waals surface area (Å²) in [7, 11) is 0. The highest BCUT2D eigenvalue weighted by Crippen LogP contribution is 2.37. The lowest BCUT2D eigenvalue weighted by molar-refractivity contribution is -0.161. The van der Waals surface area contributed by atoms with Gasteiger partial charge in [0.1, 0.15) is 25.4 Å². The van der Waals surface area contributed by atoms with E-state index in [0.29, 0.717) is 45.0 Å². The van der Waals surface area contributed by atoms with Crippen LogP contribution in [0.1, 0.15) is 32.1 Å². The topological polar surface area (TPSA) is 104 Å². The van der Waals surface area contributed by atoms with Crippen molar-refractivity contribution in [2.45, 2.75) is 44.3 Å². The number of carbonyl (C=O) groups is 3. The zero-order valence-electron chi connectivity index (χ0n) is 15.3. The van der Waals surface area contributed by atoms with Gasteiger partial charge >= 0.3 is 17.9 Å². The van der Waals surface area contributed by atoms with Crippen LogP contribution in [0.15, 0.2) is 0 Å². The third kappa shape index (κ3) is 5.65. The van der Waals surface area contributed by atoms with Gasteiger partial charge in [-0.05, 0) is 38.0 Å². The molecule has 8 nitrogen and oxygen atoms in total. The van der Waals surface area contributed by atoms with Gasteiger partial charge in [-0.2, -0.15) is 0 Å². The van der Waals surface area contributed by atoms with E-state index in [4.69, 9.17) is 23.7 Å². The molecule has 2 aliphatic heterocycles. The van der Waals surface area contributed by atoms with Crippen molar-refractivity contribution in [3.8, 4) is 0 Å². The Kier molecular flexibility index (Phi) is 5.63. The van der Waals surface area contributed by atoms with E-state index >= 15 is 0 Å². The van der Waals surface area contributed by atoms with Crippen molar-refractivity contribution < 1.29 is 38.1 Å². The Bertz CT molecular complexity index is 491. The number of hydrogen-bond acceptors (Lipinski definition) is 8. The summed E-state index contributed by atoms with van der Waals surface area (Å²) in [5, 5.41) is 0. The number of hydrogen-bond donors (Lipinski definition) is 0. The van der Waals surface area contributed by atoms with Gasteiger partial charge < -0.3 is 23.7 Å². The number of carbonyl (C=O) groups excluding carboxylic acids is 3. The van der Waals surface area contributed by atoms with E-state index in [0.717, 1.165) is 12.8 Å². The average Bonchev–Trinajstić information content (AvgIpc) is 3.54. The fourth-order valence-corrected chi connectivity index (χ4v) is 3.41. The normalized spacial score (nSPS) is 34.4. The molecule has 0 N–H and O–H groups in total. The second-order valence-corrected chi connectivity index (χ2v) is 8.04. The van der Waals surface area contributed by atoms with E-state index < -0.39 is 17.8 Å². The molecule has 8 heteroatoms. The fraction of sp³-hybridized carbons (Fsp3) is 0.842. The third-order valence-electron chi connectivity index (χ3n) is 5.49. The molecule has 2 heterocycles. The lowest BCUT2D eigenvalue weighted by Gasteiger charge is -2.31. The van der Waals surface area contributed by atoms with Gasteiger partial charge in [0.2, 0.25) is 0 Å². The van der Waals surface area contributed by atoms with E-state index in [-0.39, 0.29) is 43.3 Å². The van der Waals surface area contributed by atoms with E-state index in [9.17, 15) is 14.4 Å². The van der Waals surface area contributed by atoms with E-state index in [1.165, 1.54) is 0 Å². The Morgan fingerprint density at radius 3 is 1.37 bits per heavy atom. The predicted molar refractivity (Wildman–Crippen MR) is 89.4 cm³/mol. The molecule has 2 aliphatic carbocycles. The Hall–Kier alpha value is -1.67. The fourth-order valence-electron chi connectivity index (χ4n) is 3.41. The Morgan fingerprint density at radius 2 is 1.04 bits per heavy atom. The second kappa shape index (κ2) is 8.14. The smallest absolute Gasteiger partial charge is 0.309 e. The zero-order chi connectivity index (χ0) is 18.8. The van der Waals surface area contributed by atoms with E-state index in [2.05, 4.69) is 0 Å². The lowest BCUT2D eigenvalue weighted by Crippen LogP contribution is -2.37. The maximum atomic E-state index is 12.5. The van der Waals surface area contributed by atoms with Gasteiger partial charge in [0.25, 0.3) is 0 Å².